The molecule has 3 atom stereocenters. The Hall–Kier alpha value is -3.15. The molecule has 0 radical (unpaired) electrons. The van der Waals surface area contributed by atoms with Crippen molar-refractivity contribution in [3.63, 3.8) is 0 Å². The van der Waals surface area contributed by atoms with Crippen molar-refractivity contribution < 1.29 is 36.3 Å². The smallest absolute Gasteiger partial charge is 0.405 e. The summed E-state index contributed by atoms with van der Waals surface area (Å²) < 4.78 is 69.7. The second kappa shape index (κ2) is 11.1. The van der Waals surface area contributed by atoms with Crippen molar-refractivity contribution in [1.29, 1.82) is 0 Å². The van der Waals surface area contributed by atoms with Gasteiger partial charge >= 0.3 is 6.18 Å². The molecule has 212 valence electrons. The summed E-state index contributed by atoms with van der Waals surface area (Å²) in [6.07, 6.45) is -3.15. The molecule has 2 aliphatic heterocycles. The summed E-state index contributed by atoms with van der Waals surface area (Å²) in [7, 11) is 0. The number of ether oxygens (including phenoxy) is 1. The molecular formula is C26H28ClF5N4O3. The normalized spacial score (nSPS) is 21.2. The SMILES string of the molecule is CC(C)(Oc1ccc(Cl)cc1C(F)F)C(=O)N[C@H]1C[C@H]2CC[C@@H](C1)N2c1ccc(C(=O)NCC(F)(F)F)cn1. The van der Waals surface area contributed by atoms with Crippen molar-refractivity contribution in [1.82, 2.24) is 15.6 Å². The summed E-state index contributed by atoms with van der Waals surface area (Å²) >= 11 is 5.83. The first-order valence-electron chi connectivity index (χ1n) is 12.4. The van der Waals surface area contributed by atoms with Gasteiger partial charge in [-0.2, -0.15) is 13.2 Å². The van der Waals surface area contributed by atoms with Crippen LogP contribution >= 0.6 is 11.6 Å². The maximum atomic E-state index is 13.5. The Balaban J connectivity index is 1.37. The quantitative estimate of drug-likeness (QED) is 0.410. The van der Waals surface area contributed by atoms with Gasteiger partial charge in [-0.25, -0.2) is 13.8 Å². The van der Waals surface area contributed by atoms with Gasteiger partial charge in [-0.05, 0) is 69.9 Å². The van der Waals surface area contributed by atoms with E-state index in [0.29, 0.717) is 18.7 Å². The minimum atomic E-state index is -4.51. The van der Waals surface area contributed by atoms with Gasteiger partial charge in [0.25, 0.3) is 18.2 Å². The van der Waals surface area contributed by atoms with Gasteiger partial charge in [-0.3, -0.25) is 9.59 Å². The Bertz CT molecular complexity index is 1200. The molecule has 3 heterocycles. The maximum Gasteiger partial charge on any atom is 0.405 e. The number of halogens is 6. The van der Waals surface area contributed by atoms with E-state index in [0.717, 1.165) is 18.9 Å². The average Bonchev–Trinajstić information content (AvgIpc) is 3.13. The molecule has 2 N–H and O–H groups in total. The Kier molecular flexibility index (Phi) is 8.25. The molecule has 4 rings (SSSR count). The lowest BCUT2D eigenvalue weighted by Crippen LogP contribution is -2.55. The fraction of sp³-hybridized carbons (Fsp3) is 0.500. The highest BCUT2D eigenvalue weighted by atomic mass is 35.5. The fourth-order valence-corrected chi connectivity index (χ4v) is 5.27. The number of pyridine rings is 1. The molecule has 0 saturated carbocycles. The highest BCUT2D eigenvalue weighted by Crippen LogP contribution is 2.39. The number of rotatable bonds is 8. The second-order valence-electron chi connectivity index (χ2n) is 10.2. The van der Waals surface area contributed by atoms with Gasteiger partial charge in [-0.15, -0.1) is 0 Å². The molecule has 0 aliphatic carbocycles. The second-order valence-corrected chi connectivity index (χ2v) is 10.7. The minimum Gasteiger partial charge on any atom is -0.478 e. The third-order valence-electron chi connectivity index (χ3n) is 6.91. The van der Waals surface area contributed by atoms with Crippen molar-refractivity contribution in [2.75, 3.05) is 11.4 Å². The number of nitrogens with one attached hydrogen (secondary N) is 2. The van der Waals surface area contributed by atoms with Gasteiger partial charge in [0.2, 0.25) is 0 Å². The van der Waals surface area contributed by atoms with Crippen molar-refractivity contribution in [2.24, 2.45) is 0 Å². The van der Waals surface area contributed by atoms with Crippen LogP contribution in [-0.2, 0) is 4.79 Å². The Labute approximate surface area is 227 Å². The van der Waals surface area contributed by atoms with E-state index >= 15 is 0 Å². The molecule has 13 heteroatoms. The average molecular weight is 575 g/mol. The topological polar surface area (TPSA) is 83.6 Å². The van der Waals surface area contributed by atoms with E-state index in [1.54, 1.807) is 6.07 Å². The van der Waals surface area contributed by atoms with E-state index < -0.39 is 42.1 Å². The number of hydrogen-bond donors (Lipinski definition) is 2. The number of anilines is 1. The highest BCUT2D eigenvalue weighted by Gasteiger charge is 2.43. The van der Waals surface area contributed by atoms with E-state index in [1.807, 2.05) is 5.32 Å². The first-order chi connectivity index (χ1) is 18.2. The number of amides is 2. The Morgan fingerprint density at radius 1 is 1.13 bits per heavy atom. The third-order valence-corrected chi connectivity index (χ3v) is 7.15. The molecule has 39 heavy (non-hydrogen) atoms. The lowest BCUT2D eigenvalue weighted by atomic mass is 9.96. The molecular weight excluding hydrogens is 547 g/mol. The number of hydrogen-bond acceptors (Lipinski definition) is 5. The Morgan fingerprint density at radius 3 is 2.36 bits per heavy atom. The van der Waals surface area contributed by atoms with Crippen LogP contribution in [0.4, 0.5) is 27.8 Å². The summed E-state index contributed by atoms with van der Waals surface area (Å²) in [5.41, 5.74) is -1.81. The number of piperidine rings is 1. The molecule has 2 bridgehead atoms. The van der Waals surface area contributed by atoms with Gasteiger partial charge < -0.3 is 20.3 Å². The molecule has 1 aromatic heterocycles. The molecule has 0 spiro atoms. The largest absolute Gasteiger partial charge is 0.478 e. The van der Waals surface area contributed by atoms with Crippen LogP contribution in [0.5, 0.6) is 5.75 Å². The molecule has 2 fully saturated rings. The van der Waals surface area contributed by atoms with Gasteiger partial charge in [0.15, 0.2) is 5.60 Å². The van der Waals surface area contributed by atoms with E-state index in [1.165, 1.54) is 38.2 Å². The van der Waals surface area contributed by atoms with Crippen molar-refractivity contribution in [2.45, 2.75) is 75.9 Å². The zero-order valence-electron chi connectivity index (χ0n) is 21.2. The predicted octanol–water partition coefficient (Wildman–Crippen LogP) is 5.44. The first kappa shape index (κ1) is 28.8. The van der Waals surface area contributed by atoms with Crippen LogP contribution in [0, 0.1) is 0 Å². The molecule has 7 nitrogen and oxygen atoms in total. The fourth-order valence-electron chi connectivity index (χ4n) is 5.09. The predicted molar refractivity (Wildman–Crippen MR) is 134 cm³/mol. The lowest BCUT2D eigenvalue weighted by Gasteiger charge is -2.41. The standard InChI is InChI=1S/C26H28ClF5N4O3/c1-25(2,39-20-7-4-15(27)9-19(20)22(28)29)24(38)35-16-10-17-5-6-18(11-16)36(17)21-8-3-14(12-33-21)23(37)34-13-26(30,31)32/h3-4,7-9,12,16-18,22H,5-6,10-11,13H2,1-2H3,(H,34,37)(H,35,38)/t16-,17+,18-. The number of carbonyl (C=O) groups excluding carboxylic acids is 2. The van der Waals surface area contributed by atoms with Crippen LogP contribution < -0.4 is 20.3 Å². The number of aromatic nitrogens is 1. The molecule has 0 unspecified atom stereocenters. The monoisotopic (exact) mass is 574 g/mol. The van der Waals surface area contributed by atoms with Gasteiger partial charge in [0, 0.05) is 29.3 Å². The number of carbonyl (C=O) groups is 2. The summed E-state index contributed by atoms with van der Waals surface area (Å²) in [6, 6.07) is 6.81. The van der Waals surface area contributed by atoms with Crippen LogP contribution in [0.3, 0.4) is 0 Å². The van der Waals surface area contributed by atoms with Crippen LogP contribution in [0.2, 0.25) is 5.02 Å². The number of alkyl halides is 5. The van der Waals surface area contributed by atoms with Gasteiger partial charge in [0.05, 0.1) is 11.1 Å². The summed E-state index contributed by atoms with van der Waals surface area (Å²) in [6.45, 7) is 1.59. The number of benzene rings is 1. The minimum absolute atomic E-state index is 0.0235. The van der Waals surface area contributed by atoms with E-state index in [-0.39, 0.29) is 34.5 Å². The van der Waals surface area contributed by atoms with Gasteiger partial charge in [0.1, 0.15) is 18.1 Å². The maximum absolute atomic E-state index is 13.5. The molecule has 2 saturated heterocycles. The van der Waals surface area contributed by atoms with Gasteiger partial charge in [-0.1, -0.05) is 11.6 Å². The van der Waals surface area contributed by atoms with Crippen molar-refractivity contribution in [3.8, 4) is 5.75 Å². The zero-order chi connectivity index (χ0) is 28.5. The lowest BCUT2D eigenvalue weighted by molar-refractivity contribution is -0.135. The first-order valence-corrected chi connectivity index (χ1v) is 12.8. The van der Waals surface area contributed by atoms with E-state index in [2.05, 4.69) is 15.2 Å². The van der Waals surface area contributed by atoms with Crippen LogP contribution in [0.15, 0.2) is 36.5 Å². The van der Waals surface area contributed by atoms with E-state index in [4.69, 9.17) is 16.3 Å². The van der Waals surface area contributed by atoms with Crippen LogP contribution in [0.1, 0.15) is 61.9 Å². The molecule has 2 aromatic rings. The summed E-state index contributed by atoms with van der Waals surface area (Å²) in [4.78, 5) is 31.5. The molecule has 2 aliphatic rings. The van der Waals surface area contributed by atoms with Crippen molar-refractivity contribution >= 4 is 29.2 Å². The summed E-state index contributed by atoms with van der Waals surface area (Å²) in [5, 5.41) is 4.95. The molecule has 1 aromatic carbocycles. The zero-order valence-corrected chi connectivity index (χ0v) is 22.0. The number of fused-ring (bicyclic) bond motifs is 2. The highest BCUT2D eigenvalue weighted by molar-refractivity contribution is 6.30. The van der Waals surface area contributed by atoms with E-state index in [9.17, 15) is 31.5 Å². The van der Waals surface area contributed by atoms with Crippen molar-refractivity contribution in [3.05, 3.63) is 52.7 Å². The molecule has 2 amide bonds. The van der Waals surface area contributed by atoms with Crippen LogP contribution in [-0.4, -0.2) is 53.2 Å². The summed E-state index contributed by atoms with van der Waals surface area (Å²) in [5.74, 6) is -0.820. The van der Waals surface area contributed by atoms with Crippen LogP contribution in [0.25, 0.3) is 0 Å². The Morgan fingerprint density at radius 2 is 1.79 bits per heavy atom. The third kappa shape index (κ3) is 6.90. The number of nitrogens with zero attached hydrogens (tertiary/aromatic N) is 2.